The van der Waals surface area contributed by atoms with Crippen molar-refractivity contribution < 1.29 is 19.2 Å². The molecule has 1 atom stereocenters. The number of furan rings is 1. The van der Waals surface area contributed by atoms with Crippen LogP contribution < -0.4 is 11.2 Å². The topological polar surface area (TPSA) is 130 Å². The van der Waals surface area contributed by atoms with Crippen LogP contribution in [0.5, 0.6) is 0 Å². The maximum absolute atomic E-state index is 12.9. The number of carbonyl (C=O) groups is 1. The summed E-state index contributed by atoms with van der Waals surface area (Å²) >= 11 is 0. The number of carbonyl (C=O) groups excluding carboxylic acids is 1. The van der Waals surface area contributed by atoms with Crippen LogP contribution in [0.25, 0.3) is 0 Å². The Labute approximate surface area is 133 Å². The molecular formula is C14H21N5O4. The van der Waals surface area contributed by atoms with Crippen LogP contribution in [0.15, 0.2) is 21.7 Å². The van der Waals surface area contributed by atoms with Crippen molar-refractivity contribution in [3.63, 3.8) is 0 Å². The minimum atomic E-state index is -1.53. The van der Waals surface area contributed by atoms with Gasteiger partial charge in [0, 0.05) is 6.92 Å². The van der Waals surface area contributed by atoms with Gasteiger partial charge in [0.05, 0.1) is 0 Å². The molecule has 4 N–H and O–H groups in total. The van der Waals surface area contributed by atoms with Gasteiger partial charge in [0.15, 0.2) is 5.76 Å². The number of hydroxylamine groups is 3. The SMILES string of the molecule is C/C(=N\NC(N)=O)C1(C)N(O)C(C)(C)C(c2ccc(C)o2)=[N+]1[O-]. The molecule has 0 spiro atoms. The number of hydrogen-bond acceptors (Lipinski definition) is 6. The first kappa shape index (κ1) is 17.0. The zero-order valence-electron chi connectivity index (χ0n) is 13.7. The van der Waals surface area contributed by atoms with E-state index in [-0.39, 0.29) is 11.4 Å². The minimum Gasteiger partial charge on any atom is -0.622 e. The van der Waals surface area contributed by atoms with Gasteiger partial charge in [-0.25, -0.2) is 10.2 Å². The zero-order valence-corrected chi connectivity index (χ0v) is 13.7. The standard InChI is InChI=1S/C14H21N5O4/c1-8-6-7-10(23-8)11-13(3,4)19(22)14(5,18(11)21)9(2)16-17-12(15)20/h6-7,22H,1-5H3,(H3,15,17,20)/b16-9+. The van der Waals surface area contributed by atoms with Crippen molar-refractivity contribution in [3.05, 3.63) is 28.9 Å². The Balaban J connectivity index is 2.59. The van der Waals surface area contributed by atoms with Crippen molar-refractivity contribution in [2.24, 2.45) is 10.8 Å². The Kier molecular flexibility index (Phi) is 3.95. The monoisotopic (exact) mass is 323 g/mol. The highest BCUT2D eigenvalue weighted by Gasteiger charge is 2.62. The molecule has 1 unspecified atom stereocenters. The summed E-state index contributed by atoms with van der Waals surface area (Å²) in [7, 11) is 0. The number of nitrogens with one attached hydrogen (secondary N) is 1. The highest BCUT2D eigenvalue weighted by molar-refractivity contribution is 6.05. The second-order valence-corrected chi connectivity index (χ2v) is 6.12. The molecule has 9 heteroatoms. The van der Waals surface area contributed by atoms with Crippen molar-refractivity contribution in [3.8, 4) is 0 Å². The summed E-state index contributed by atoms with van der Waals surface area (Å²) in [4.78, 5) is 10.8. The molecule has 0 aromatic carbocycles. The van der Waals surface area contributed by atoms with E-state index in [2.05, 4.69) is 10.5 Å². The van der Waals surface area contributed by atoms with Gasteiger partial charge in [0.1, 0.15) is 17.0 Å². The smallest absolute Gasteiger partial charge is 0.332 e. The molecule has 0 saturated heterocycles. The molecule has 9 nitrogen and oxygen atoms in total. The van der Waals surface area contributed by atoms with Gasteiger partial charge in [0.25, 0.3) is 11.4 Å². The van der Waals surface area contributed by atoms with E-state index in [1.54, 1.807) is 32.9 Å². The van der Waals surface area contributed by atoms with Gasteiger partial charge < -0.3 is 20.6 Å². The zero-order chi connectivity index (χ0) is 17.6. The molecular weight excluding hydrogens is 302 g/mol. The Morgan fingerprint density at radius 2 is 2.09 bits per heavy atom. The number of urea groups is 1. The normalized spacial score (nSPS) is 25.0. The molecule has 2 amide bonds. The molecule has 2 rings (SSSR count). The fourth-order valence-electron chi connectivity index (χ4n) is 2.71. The number of primary amides is 1. The van der Waals surface area contributed by atoms with Gasteiger partial charge in [-0.1, -0.05) is 0 Å². The Morgan fingerprint density at radius 3 is 2.57 bits per heavy atom. The van der Waals surface area contributed by atoms with Crippen molar-refractivity contribution in [2.45, 2.75) is 45.8 Å². The van der Waals surface area contributed by atoms with Gasteiger partial charge >= 0.3 is 6.03 Å². The van der Waals surface area contributed by atoms with Crippen molar-refractivity contribution in [1.82, 2.24) is 10.5 Å². The van der Waals surface area contributed by atoms with Crippen molar-refractivity contribution in [1.29, 1.82) is 0 Å². The van der Waals surface area contributed by atoms with Gasteiger partial charge in [-0.3, -0.25) is 0 Å². The summed E-state index contributed by atoms with van der Waals surface area (Å²) in [6.07, 6.45) is 0. The van der Waals surface area contributed by atoms with Gasteiger partial charge in [-0.15, -0.1) is 5.06 Å². The highest BCUT2D eigenvalue weighted by Crippen LogP contribution is 2.36. The molecule has 2 heterocycles. The molecule has 23 heavy (non-hydrogen) atoms. The van der Waals surface area contributed by atoms with Crippen LogP contribution in [-0.2, 0) is 0 Å². The second kappa shape index (κ2) is 5.36. The third kappa shape index (κ3) is 2.47. The molecule has 0 saturated carbocycles. The van der Waals surface area contributed by atoms with Crippen molar-refractivity contribution >= 4 is 17.5 Å². The molecule has 0 aliphatic carbocycles. The molecule has 0 bridgehead atoms. The lowest BCUT2D eigenvalue weighted by Crippen LogP contribution is -2.57. The highest BCUT2D eigenvalue weighted by atomic mass is 16.6. The largest absolute Gasteiger partial charge is 0.622 e. The van der Waals surface area contributed by atoms with Crippen LogP contribution >= 0.6 is 0 Å². The van der Waals surface area contributed by atoms with E-state index in [4.69, 9.17) is 10.2 Å². The average molecular weight is 323 g/mol. The molecule has 1 aromatic rings. The maximum atomic E-state index is 12.9. The Morgan fingerprint density at radius 1 is 1.48 bits per heavy atom. The number of hydrazone groups is 1. The van der Waals surface area contributed by atoms with Crippen LogP contribution in [-0.4, -0.2) is 43.7 Å². The fourth-order valence-corrected chi connectivity index (χ4v) is 2.71. The summed E-state index contributed by atoms with van der Waals surface area (Å²) in [5.41, 5.74) is 4.90. The van der Waals surface area contributed by atoms with E-state index < -0.39 is 17.2 Å². The summed E-state index contributed by atoms with van der Waals surface area (Å²) in [6, 6.07) is 2.54. The molecule has 0 radical (unpaired) electrons. The third-order valence-electron chi connectivity index (χ3n) is 4.11. The minimum absolute atomic E-state index is 0.167. The van der Waals surface area contributed by atoms with Crippen LogP contribution in [0.1, 0.15) is 39.2 Å². The van der Waals surface area contributed by atoms with E-state index >= 15 is 0 Å². The van der Waals surface area contributed by atoms with Gasteiger partial charge in [0.2, 0.25) is 0 Å². The Bertz CT molecular complexity index is 706. The first-order valence-corrected chi connectivity index (χ1v) is 7.04. The lowest BCUT2D eigenvalue weighted by atomic mass is 9.96. The first-order chi connectivity index (χ1) is 10.5. The summed E-state index contributed by atoms with van der Waals surface area (Å²) in [6.45, 7) is 8.14. The third-order valence-corrected chi connectivity index (χ3v) is 4.11. The number of nitrogens with zero attached hydrogens (tertiary/aromatic N) is 3. The van der Waals surface area contributed by atoms with Gasteiger partial charge in [-0.2, -0.15) is 9.84 Å². The van der Waals surface area contributed by atoms with Crippen molar-refractivity contribution in [2.75, 3.05) is 0 Å². The van der Waals surface area contributed by atoms with E-state index in [0.717, 1.165) is 5.06 Å². The quantitative estimate of drug-likeness (QED) is 0.332. The van der Waals surface area contributed by atoms with E-state index in [1.165, 1.54) is 13.8 Å². The summed E-state index contributed by atoms with van der Waals surface area (Å²) in [5, 5.41) is 28.2. The van der Waals surface area contributed by atoms with Crippen LogP contribution in [0.4, 0.5) is 4.79 Å². The van der Waals surface area contributed by atoms with Gasteiger partial charge in [-0.05, 0) is 39.8 Å². The Hall–Kier alpha value is -2.39. The predicted molar refractivity (Wildman–Crippen MR) is 83.1 cm³/mol. The number of amides is 2. The summed E-state index contributed by atoms with van der Waals surface area (Å²) < 4.78 is 6.18. The molecule has 126 valence electrons. The molecule has 1 aliphatic rings. The fraction of sp³-hybridized carbons (Fsp3) is 0.500. The van der Waals surface area contributed by atoms with E-state index in [0.29, 0.717) is 16.3 Å². The lowest BCUT2D eigenvalue weighted by molar-refractivity contribution is -0.560. The lowest BCUT2D eigenvalue weighted by Gasteiger charge is -2.32. The number of rotatable bonds is 3. The van der Waals surface area contributed by atoms with E-state index in [1.807, 2.05) is 0 Å². The van der Waals surface area contributed by atoms with Crippen LogP contribution in [0, 0.1) is 12.1 Å². The molecule has 1 aromatic heterocycles. The maximum Gasteiger partial charge on any atom is 0.332 e. The van der Waals surface area contributed by atoms with E-state index in [9.17, 15) is 15.2 Å². The number of nitrogens with two attached hydrogens (primary N) is 1. The molecule has 0 fully saturated rings. The second-order valence-electron chi connectivity index (χ2n) is 6.12. The first-order valence-electron chi connectivity index (χ1n) is 7.04. The average Bonchev–Trinajstić information content (AvgIpc) is 2.92. The molecule has 1 aliphatic heterocycles. The summed E-state index contributed by atoms with van der Waals surface area (Å²) in [5.74, 6) is 1.01. The number of aryl methyl sites for hydroxylation is 1. The van der Waals surface area contributed by atoms with Crippen LogP contribution in [0.3, 0.4) is 0 Å². The van der Waals surface area contributed by atoms with Crippen LogP contribution in [0.2, 0.25) is 0 Å². The number of hydrogen-bond donors (Lipinski definition) is 3. The predicted octanol–water partition coefficient (Wildman–Crippen LogP) is 1.13.